The fraction of sp³-hybridized carbons (Fsp3) is 0.333. The fourth-order valence-corrected chi connectivity index (χ4v) is 1.30. The van der Waals surface area contributed by atoms with Crippen molar-refractivity contribution in [1.29, 1.82) is 0 Å². The average molecular weight is 166 g/mol. The van der Waals surface area contributed by atoms with Crippen LogP contribution >= 0.6 is 0 Å². The topological polar surface area (TPSA) is 38.7 Å². The van der Waals surface area contributed by atoms with Gasteiger partial charge in [0.05, 0.1) is 6.61 Å². The van der Waals surface area contributed by atoms with Gasteiger partial charge in [0, 0.05) is 12.0 Å². The number of phenolic OH excluding ortho intramolecular Hbond substituents is 1. The second-order valence-electron chi connectivity index (χ2n) is 2.75. The Kier molecular flexibility index (Phi) is 1.98. The van der Waals surface area contributed by atoms with Crippen molar-refractivity contribution in [2.24, 2.45) is 0 Å². The lowest BCUT2D eigenvalue weighted by Crippen LogP contribution is -1.94. The molecular weight excluding hydrogens is 156 g/mol. The Hall–Kier alpha value is -1.06. The van der Waals surface area contributed by atoms with Crippen LogP contribution in [0.2, 0.25) is 0 Å². The van der Waals surface area contributed by atoms with Crippen molar-refractivity contribution in [2.45, 2.75) is 12.5 Å². The van der Waals surface area contributed by atoms with E-state index in [1.165, 1.54) is 0 Å². The van der Waals surface area contributed by atoms with Crippen LogP contribution in [0.5, 0.6) is 5.75 Å². The highest BCUT2D eigenvalue weighted by Gasteiger charge is 2.21. The van der Waals surface area contributed by atoms with Crippen LogP contribution in [0.15, 0.2) is 24.3 Å². The molecule has 1 aromatic carbocycles. The molecule has 3 nitrogen and oxygen atoms in total. The van der Waals surface area contributed by atoms with E-state index in [1.807, 2.05) is 12.1 Å². The number of rotatable bonds is 1. The van der Waals surface area contributed by atoms with Crippen LogP contribution in [0.25, 0.3) is 0 Å². The van der Waals surface area contributed by atoms with Crippen molar-refractivity contribution in [3.8, 4) is 5.75 Å². The van der Waals surface area contributed by atoms with Gasteiger partial charge in [-0.2, -0.15) is 0 Å². The maximum atomic E-state index is 9.44. The molecule has 64 valence electrons. The molecule has 1 aliphatic heterocycles. The third-order valence-corrected chi connectivity index (χ3v) is 1.93. The lowest BCUT2D eigenvalue weighted by atomic mass is 10.1. The van der Waals surface area contributed by atoms with E-state index in [1.54, 1.807) is 12.1 Å². The van der Waals surface area contributed by atoms with Crippen LogP contribution < -0.4 is 0 Å². The van der Waals surface area contributed by atoms with Crippen LogP contribution in [0, 0.1) is 0 Å². The first-order chi connectivity index (χ1) is 5.88. The van der Waals surface area contributed by atoms with Crippen molar-refractivity contribution in [3.63, 3.8) is 0 Å². The van der Waals surface area contributed by atoms with Crippen molar-refractivity contribution in [2.75, 3.05) is 6.61 Å². The first-order valence-electron chi connectivity index (χ1n) is 3.94. The molecule has 1 aromatic rings. The van der Waals surface area contributed by atoms with E-state index in [2.05, 4.69) is 0 Å². The Morgan fingerprint density at radius 3 is 2.83 bits per heavy atom. The lowest BCUT2D eigenvalue weighted by molar-refractivity contribution is -0.276. The van der Waals surface area contributed by atoms with E-state index in [-0.39, 0.29) is 11.9 Å². The molecule has 1 atom stereocenters. The molecule has 0 bridgehead atoms. The number of para-hydroxylation sites is 1. The summed E-state index contributed by atoms with van der Waals surface area (Å²) in [6, 6.07) is 7.15. The third-order valence-electron chi connectivity index (χ3n) is 1.93. The standard InChI is InChI=1S/C9H10O3/c10-8-4-2-1-3-7(8)9-5-6-11-12-9/h1-4,9-10H,5-6H2. The van der Waals surface area contributed by atoms with Gasteiger partial charge in [0.2, 0.25) is 0 Å². The van der Waals surface area contributed by atoms with Gasteiger partial charge in [0.25, 0.3) is 0 Å². The smallest absolute Gasteiger partial charge is 0.124 e. The monoisotopic (exact) mass is 166 g/mol. The molecule has 0 aromatic heterocycles. The van der Waals surface area contributed by atoms with Crippen molar-refractivity contribution in [3.05, 3.63) is 29.8 Å². The zero-order valence-corrected chi connectivity index (χ0v) is 6.56. The maximum Gasteiger partial charge on any atom is 0.124 e. The molecule has 1 saturated heterocycles. The Labute approximate surface area is 70.5 Å². The number of phenols is 1. The number of hydrogen-bond acceptors (Lipinski definition) is 3. The largest absolute Gasteiger partial charge is 0.508 e. The van der Waals surface area contributed by atoms with E-state index in [9.17, 15) is 5.11 Å². The zero-order valence-electron chi connectivity index (χ0n) is 6.56. The van der Waals surface area contributed by atoms with Gasteiger partial charge in [-0.3, -0.25) is 0 Å². The highest BCUT2D eigenvalue weighted by molar-refractivity contribution is 5.33. The van der Waals surface area contributed by atoms with Crippen LogP contribution in [-0.4, -0.2) is 11.7 Å². The van der Waals surface area contributed by atoms with Crippen molar-refractivity contribution < 1.29 is 14.9 Å². The SMILES string of the molecule is Oc1ccccc1C1CCOO1. The van der Waals surface area contributed by atoms with Crippen LogP contribution in [0.4, 0.5) is 0 Å². The Morgan fingerprint density at radius 1 is 1.33 bits per heavy atom. The molecule has 1 N–H and O–H groups in total. The van der Waals surface area contributed by atoms with E-state index in [4.69, 9.17) is 9.78 Å². The van der Waals surface area contributed by atoms with Crippen molar-refractivity contribution >= 4 is 0 Å². The highest BCUT2D eigenvalue weighted by atomic mass is 17.2. The molecule has 0 aliphatic carbocycles. The third kappa shape index (κ3) is 1.29. The summed E-state index contributed by atoms with van der Waals surface area (Å²) in [6.45, 7) is 0.596. The molecule has 0 amide bonds. The highest BCUT2D eigenvalue weighted by Crippen LogP contribution is 2.32. The van der Waals surface area contributed by atoms with E-state index >= 15 is 0 Å². The normalized spacial score (nSPS) is 22.8. The minimum Gasteiger partial charge on any atom is -0.508 e. The molecular formula is C9H10O3. The predicted molar refractivity (Wildman–Crippen MR) is 42.5 cm³/mol. The van der Waals surface area contributed by atoms with E-state index < -0.39 is 0 Å². The fourth-order valence-electron chi connectivity index (χ4n) is 1.30. The molecule has 12 heavy (non-hydrogen) atoms. The maximum absolute atomic E-state index is 9.44. The van der Waals surface area contributed by atoms with E-state index in [0.29, 0.717) is 6.61 Å². The number of aromatic hydroxyl groups is 1. The lowest BCUT2D eigenvalue weighted by Gasteiger charge is -2.07. The Bertz CT molecular complexity index is 266. The van der Waals surface area contributed by atoms with Gasteiger partial charge in [0.1, 0.15) is 11.9 Å². The first-order valence-corrected chi connectivity index (χ1v) is 3.94. The van der Waals surface area contributed by atoms with Gasteiger partial charge in [-0.1, -0.05) is 18.2 Å². The summed E-state index contributed by atoms with van der Waals surface area (Å²) < 4.78 is 0. The minimum atomic E-state index is -0.105. The molecule has 1 fully saturated rings. The molecule has 1 aliphatic rings. The molecule has 0 radical (unpaired) electrons. The van der Waals surface area contributed by atoms with Gasteiger partial charge in [-0.15, -0.1) is 0 Å². The summed E-state index contributed by atoms with van der Waals surface area (Å²) in [5.41, 5.74) is 0.801. The first kappa shape index (κ1) is 7.58. The molecule has 1 heterocycles. The Morgan fingerprint density at radius 2 is 2.17 bits per heavy atom. The quantitative estimate of drug-likeness (QED) is 0.646. The zero-order chi connectivity index (χ0) is 8.39. The second kappa shape index (κ2) is 3.13. The number of benzene rings is 1. The van der Waals surface area contributed by atoms with Gasteiger partial charge in [0.15, 0.2) is 0 Å². The summed E-state index contributed by atoms with van der Waals surface area (Å²) >= 11 is 0. The molecule has 0 saturated carbocycles. The Balaban J connectivity index is 2.26. The van der Waals surface area contributed by atoms with Crippen LogP contribution in [0.1, 0.15) is 18.1 Å². The van der Waals surface area contributed by atoms with Crippen LogP contribution in [0.3, 0.4) is 0 Å². The summed E-state index contributed by atoms with van der Waals surface area (Å²) in [7, 11) is 0. The summed E-state index contributed by atoms with van der Waals surface area (Å²) in [6.07, 6.45) is 0.698. The van der Waals surface area contributed by atoms with Crippen molar-refractivity contribution in [1.82, 2.24) is 0 Å². The molecule has 3 heteroatoms. The van der Waals surface area contributed by atoms with E-state index in [0.717, 1.165) is 12.0 Å². The predicted octanol–water partition coefficient (Wildman–Crippen LogP) is 1.79. The average Bonchev–Trinajstić information content (AvgIpc) is 2.57. The number of hydrogen-bond donors (Lipinski definition) is 1. The molecule has 0 spiro atoms. The van der Waals surface area contributed by atoms with Gasteiger partial charge < -0.3 is 5.11 Å². The van der Waals surface area contributed by atoms with Crippen LogP contribution in [-0.2, 0) is 9.78 Å². The summed E-state index contributed by atoms with van der Waals surface area (Å²) in [5, 5.41) is 9.44. The summed E-state index contributed by atoms with van der Waals surface area (Å²) in [4.78, 5) is 9.72. The van der Waals surface area contributed by atoms with Gasteiger partial charge >= 0.3 is 0 Å². The minimum absolute atomic E-state index is 0.105. The second-order valence-corrected chi connectivity index (χ2v) is 2.75. The van der Waals surface area contributed by atoms with Gasteiger partial charge in [-0.05, 0) is 6.07 Å². The molecule has 2 rings (SSSR count). The summed E-state index contributed by atoms with van der Waals surface area (Å²) in [5.74, 6) is 0.271. The molecule has 1 unspecified atom stereocenters. The van der Waals surface area contributed by atoms with Gasteiger partial charge in [-0.25, -0.2) is 9.78 Å².